The number of rotatable bonds is 6. The normalized spacial score (nSPS) is 16.8. The van der Waals surface area contributed by atoms with Crippen LogP contribution in [0, 0.1) is 5.92 Å². The minimum Gasteiger partial charge on any atom is -0.352 e. The van der Waals surface area contributed by atoms with E-state index in [0.29, 0.717) is 18.0 Å². The van der Waals surface area contributed by atoms with Gasteiger partial charge in [0.2, 0.25) is 0 Å². The Kier molecular flexibility index (Phi) is 5.94. The van der Waals surface area contributed by atoms with E-state index >= 15 is 0 Å². The second-order valence-corrected chi connectivity index (χ2v) is 8.45. The van der Waals surface area contributed by atoms with Crippen molar-refractivity contribution in [2.45, 2.75) is 19.4 Å². The molecule has 5 rings (SSSR count). The Bertz CT molecular complexity index is 1190. The molecule has 0 spiro atoms. The first-order valence-corrected chi connectivity index (χ1v) is 11.1. The molecule has 6 heteroatoms. The van der Waals surface area contributed by atoms with E-state index < -0.39 is 0 Å². The number of hydrogen-bond donors (Lipinski definition) is 1. The molecule has 1 aliphatic heterocycles. The van der Waals surface area contributed by atoms with Crippen LogP contribution < -0.4 is 5.32 Å². The number of carbonyl (C=O) groups excluding carboxylic acids is 1. The Labute approximate surface area is 187 Å². The van der Waals surface area contributed by atoms with Crippen LogP contribution in [0.25, 0.3) is 22.2 Å². The molecule has 0 bridgehead atoms. The Balaban J connectivity index is 1.16. The number of aromatic nitrogens is 2. The number of piperidine rings is 1. The van der Waals surface area contributed by atoms with Gasteiger partial charge in [-0.15, -0.1) is 0 Å². The summed E-state index contributed by atoms with van der Waals surface area (Å²) in [6.45, 7) is 3.50. The SMILES string of the molecule is O=C(NC[C@@H]1CCCN(Cc2cccc3nonc23)C1)c1ccc(-c2ccccc2)cc1. The number of fused-ring (bicyclic) bond motifs is 1. The maximum Gasteiger partial charge on any atom is 0.251 e. The Morgan fingerprint density at radius 3 is 2.62 bits per heavy atom. The van der Waals surface area contributed by atoms with Crippen LogP contribution in [0.15, 0.2) is 77.4 Å². The van der Waals surface area contributed by atoms with E-state index in [0.717, 1.165) is 60.2 Å². The molecular formula is C26H26N4O2. The summed E-state index contributed by atoms with van der Waals surface area (Å²) in [5.41, 5.74) is 5.72. The van der Waals surface area contributed by atoms with Gasteiger partial charge in [-0.2, -0.15) is 0 Å². The number of hydrogen-bond acceptors (Lipinski definition) is 5. The van der Waals surface area contributed by atoms with Crippen molar-refractivity contribution >= 4 is 16.9 Å². The molecule has 0 saturated carbocycles. The van der Waals surface area contributed by atoms with Gasteiger partial charge in [0.1, 0.15) is 11.0 Å². The molecule has 2 heterocycles. The highest BCUT2D eigenvalue weighted by atomic mass is 16.6. The summed E-state index contributed by atoms with van der Waals surface area (Å²) in [6, 6.07) is 24.0. The molecule has 4 aromatic rings. The fourth-order valence-corrected chi connectivity index (χ4v) is 4.48. The van der Waals surface area contributed by atoms with Crippen LogP contribution in [0.5, 0.6) is 0 Å². The summed E-state index contributed by atoms with van der Waals surface area (Å²) >= 11 is 0. The van der Waals surface area contributed by atoms with E-state index in [-0.39, 0.29) is 5.91 Å². The van der Waals surface area contributed by atoms with E-state index in [4.69, 9.17) is 4.63 Å². The van der Waals surface area contributed by atoms with Gasteiger partial charge in [0, 0.05) is 25.2 Å². The number of nitrogens with one attached hydrogen (secondary N) is 1. The molecule has 1 saturated heterocycles. The van der Waals surface area contributed by atoms with Crippen molar-refractivity contribution in [3.05, 3.63) is 83.9 Å². The van der Waals surface area contributed by atoms with Crippen molar-refractivity contribution in [2.75, 3.05) is 19.6 Å². The first-order chi connectivity index (χ1) is 15.8. The first kappa shape index (κ1) is 20.4. The molecule has 3 aromatic carbocycles. The topological polar surface area (TPSA) is 71.3 Å². The molecule has 162 valence electrons. The van der Waals surface area contributed by atoms with Gasteiger partial charge in [-0.05, 0) is 70.5 Å². The van der Waals surface area contributed by atoms with Crippen LogP contribution in [-0.2, 0) is 6.54 Å². The lowest BCUT2D eigenvalue weighted by molar-refractivity contribution is 0.0930. The molecule has 1 atom stereocenters. The van der Waals surface area contributed by atoms with E-state index in [1.54, 1.807) is 0 Å². The predicted octanol–water partition coefficient (Wildman–Crippen LogP) is 4.53. The largest absolute Gasteiger partial charge is 0.352 e. The number of likely N-dealkylation sites (tertiary alicyclic amines) is 1. The lowest BCUT2D eigenvalue weighted by atomic mass is 9.97. The Morgan fingerprint density at radius 1 is 0.969 bits per heavy atom. The Hall–Kier alpha value is -3.51. The summed E-state index contributed by atoms with van der Waals surface area (Å²) in [5.74, 6) is 0.422. The summed E-state index contributed by atoms with van der Waals surface area (Å²) in [4.78, 5) is 15.1. The summed E-state index contributed by atoms with van der Waals surface area (Å²) in [7, 11) is 0. The van der Waals surface area contributed by atoms with Crippen molar-refractivity contribution in [3.8, 4) is 11.1 Å². The van der Waals surface area contributed by atoms with Crippen LogP contribution in [0.3, 0.4) is 0 Å². The van der Waals surface area contributed by atoms with Gasteiger partial charge < -0.3 is 5.32 Å². The van der Waals surface area contributed by atoms with Crippen molar-refractivity contribution < 1.29 is 9.42 Å². The van der Waals surface area contributed by atoms with E-state index in [9.17, 15) is 4.79 Å². The predicted molar refractivity (Wildman–Crippen MR) is 124 cm³/mol. The standard InChI is InChI=1S/C26H26N4O2/c31-26(22-13-11-21(12-14-22)20-7-2-1-3-8-20)27-16-19-6-5-15-30(17-19)18-23-9-4-10-24-25(23)29-32-28-24/h1-4,7-14,19H,5-6,15-18H2,(H,27,31)/t19-/m0/s1. The van der Waals surface area contributed by atoms with Crippen molar-refractivity contribution in [2.24, 2.45) is 5.92 Å². The quantitative estimate of drug-likeness (QED) is 0.490. The van der Waals surface area contributed by atoms with Gasteiger partial charge >= 0.3 is 0 Å². The van der Waals surface area contributed by atoms with Gasteiger partial charge in [-0.3, -0.25) is 9.69 Å². The molecule has 0 radical (unpaired) electrons. The molecule has 6 nitrogen and oxygen atoms in total. The van der Waals surface area contributed by atoms with Gasteiger partial charge in [-0.25, -0.2) is 4.63 Å². The number of benzene rings is 3. The summed E-state index contributed by atoms with van der Waals surface area (Å²) in [6.07, 6.45) is 2.25. The molecule has 32 heavy (non-hydrogen) atoms. The van der Waals surface area contributed by atoms with Crippen molar-refractivity contribution in [1.29, 1.82) is 0 Å². The van der Waals surface area contributed by atoms with E-state index in [1.807, 2.05) is 54.6 Å². The molecule has 0 aliphatic carbocycles. The van der Waals surface area contributed by atoms with Gasteiger partial charge in [0.15, 0.2) is 0 Å². The lowest BCUT2D eigenvalue weighted by Crippen LogP contribution is -2.40. The second kappa shape index (κ2) is 9.32. The average Bonchev–Trinajstić information content (AvgIpc) is 3.34. The van der Waals surface area contributed by atoms with Gasteiger partial charge in [0.25, 0.3) is 5.91 Å². The Morgan fingerprint density at radius 2 is 1.78 bits per heavy atom. The number of carbonyl (C=O) groups is 1. The van der Waals surface area contributed by atoms with Crippen LogP contribution >= 0.6 is 0 Å². The van der Waals surface area contributed by atoms with E-state index in [1.165, 1.54) is 0 Å². The first-order valence-electron chi connectivity index (χ1n) is 11.1. The van der Waals surface area contributed by atoms with Gasteiger partial charge in [-0.1, -0.05) is 54.6 Å². The monoisotopic (exact) mass is 426 g/mol. The molecule has 1 aliphatic rings. The fraction of sp³-hybridized carbons (Fsp3) is 0.269. The zero-order valence-corrected chi connectivity index (χ0v) is 17.9. The maximum absolute atomic E-state index is 12.7. The number of nitrogens with zero attached hydrogens (tertiary/aromatic N) is 3. The third-order valence-electron chi connectivity index (χ3n) is 6.17. The molecular weight excluding hydrogens is 400 g/mol. The highest BCUT2D eigenvalue weighted by molar-refractivity contribution is 5.94. The smallest absolute Gasteiger partial charge is 0.251 e. The highest BCUT2D eigenvalue weighted by Crippen LogP contribution is 2.22. The molecule has 1 amide bonds. The van der Waals surface area contributed by atoms with Crippen molar-refractivity contribution in [1.82, 2.24) is 20.5 Å². The fourth-order valence-electron chi connectivity index (χ4n) is 4.48. The summed E-state index contributed by atoms with van der Waals surface area (Å²) < 4.78 is 4.89. The van der Waals surface area contributed by atoms with Crippen molar-refractivity contribution in [3.63, 3.8) is 0 Å². The second-order valence-electron chi connectivity index (χ2n) is 8.45. The molecule has 1 aromatic heterocycles. The van der Waals surface area contributed by atoms with Crippen LogP contribution in [-0.4, -0.2) is 40.8 Å². The zero-order chi connectivity index (χ0) is 21.8. The van der Waals surface area contributed by atoms with Crippen LogP contribution in [0.4, 0.5) is 0 Å². The van der Waals surface area contributed by atoms with E-state index in [2.05, 4.69) is 38.7 Å². The molecule has 1 N–H and O–H groups in total. The minimum atomic E-state index is -0.0137. The molecule has 0 unspecified atom stereocenters. The van der Waals surface area contributed by atoms with Crippen LogP contribution in [0.1, 0.15) is 28.8 Å². The third kappa shape index (κ3) is 4.55. The number of amides is 1. The average molecular weight is 427 g/mol. The highest BCUT2D eigenvalue weighted by Gasteiger charge is 2.22. The van der Waals surface area contributed by atoms with Gasteiger partial charge in [0.05, 0.1) is 0 Å². The molecule has 1 fully saturated rings. The third-order valence-corrected chi connectivity index (χ3v) is 6.17. The maximum atomic E-state index is 12.7. The van der Waals surface area contributed by atoms with Crippen LogP contribution in [0.2, 0.25) is 0 Å². The minimum absolute atomic E-state index is 0.0137. The zero-order valence-electron chi connectivity index (χ0n) is 17.9. The summed E-state index contributed by atoms with van der Waals surface area (Å²) in [5, 5.41) is 11.1. The lowest BCUT2D eigenvalue weighted by Gasteiger charge is -2.32.